The monoisotopic (exact) mass is 403 g/mol. The third kappa shape index (κ3) is 12.7. The van der Waals surface area contributed by atoms with E-state index in [-0.39, 0.29) is 17.6 Å². The molecule has 3 unspecified atom stereocenters. The summed E-state index contributed by atoms with van der Waals surface area (Å²) in [4.78, 5) is 11.3. The quantitative estimate of drug-likeness (QED) is 0.226. The van der Waals surface area contributed by atoms with Crippen LogP contribution in [0, 0.1) is 5.92 Å². The molecule has 0 aliphatic heterocycles. The van der Waals surface area contributed by atoms with Gasteiger partial charge in [-0.25, -0.2) is 0 Å². The van der Waals surface area contributed by atoms with Gasteiger partial charge in [-0.15, -0.1) is 0 Å². The Labute approximate surface area is 172 Å². The minimum absolute atomic E-state index is 0.106. The summed E-state index contributed by atoms with van der Waals surface area (Å²) in [6, 6.07) is 0. The number of nitrogens with zero attached hydrogens (tertiary/aromatic N) is 1. The summed E-state index contributed by atoms with van der Waals surface area (Å²) < 4.78 is 0.218. The lowest BCUT2D eigenvalue weighted by Gasteiger charge is -2.43. The zero-order valence-electron chi connectivity index (χ0n) is 18.4. The number of rotatable bonds is 19. The molecule has 0 aromatic heterocycles. The zero-order valence-corrected chi connectivity index (χ0v) is 18.4. The van der Waals surface area contributed by atoms with E-state index in [1.54, 1.807) is 6.92 Å². The van der Waals surface area contributed by atoms with Gasteiger partial charge in [0.2, 0.25) is 0 Å². The predicted molar refractivity (Wildman–Crippen MR) is 111 cm³/mol. The number of unbranched alkanes of at least 4 members (excludes halogenated alkanes) is 6. The second-order valence-electron chi connectivity index (χ2n) is 8.56. The molecule has 6 heteroatoms. The lowest BCUT2D eigenvalue weighted by atomic mass is 10.0. The molecule has 0 radical (unpaired) electrons. The van der Waals surface area contributed by atoms with Crippen LogP contribution in [0.25, 0.3) is 0 Å². The minimum atomic E-state index is -1.13. The molecule has 0 aromatic carbocycles. The molecule has 168 valence electrons. The van der Waals surface area contributed by atoms with Gasteiger partial charge in [-0.1, -0.05) is 72.1 Å². The van der Waals surface area contributed by atoms with Gasteiger partial charge in [0.05, 0.1) is 13.2 Å². The second-order valence-corrected chi connectivity index (χ2v) is 8.56. The Morgan fingerprint density at radius 2 is 1.32 bits per heavy atom. The summed E-state index contributed by atoms with van der Waals surface area (Å²) >= 11 is 0. The first-order valence-corrected chi connectivity index (χ1v) is 11.3. The van der Waals surface area contributed by atoms with Crippen molar-refractivity contribution in [2.45, 2.75) is 97.2 Å². The van der Waals surface area contributed by atoms with Crippen LogP contribution < -0.4 is 5.11 Å². The van der Waals surface area contributed by atoms with Crippen LogP contribution in [0.4, 0.5) is 0 Å². The van der Waals surface area contributed by atoms with Gasteiger partial charge >= 0.3 is 0 Å². The summed E-state index contributed by atoms with van der Waals surface area (Å²) in [5, 5.41) is 42.1. The van der Waals surface area contributed by atoms with E-state index in [4.69, 9.17) is 0 Å². The molecule has 0 heterocycles. The highest BCUT2D eigenvalue weighted by Crippen LogP contribution is 2.19. The Hall–Kier alpha value is -0.690. The second kappa shape index (κ2) is 16.1. The van der Waals surface area contributed by atoms with Crippen molar-refractivity contribution in [3.63, 3.8) is 0 Å². The maximum Gasteiger partial charge on any atom is 0.105 e. The molecule has 6 nitrogen and oxygen atoms in total. The fourth-order valence-corrected chi connectivity index (χ4v) is 4.06. The summed E-state index contributed by atoms with van der Waals surface area (Å²) in [5.41, 5.74) is 0. The number of aliphatic hydroxyl groups is 3. The highest BCUT2D eigenvalue weighted by atomic mass is 16.4. The number of carbonyl (C=O) groups excluding carboxylic acids is 1. The van der Waals surface area contributed by atoms with Gasteiger partial charge < -0.3 is 29.7 Å². The Morgan fingerprint density at radius 1 is 0.857 bits per heavy atom. The van der Waals surface area contributed by atoms with Gasteiger partial charge in [0.1, 0.15) is 31.8 Å². The van der Waals surface area contributed by atoms with E-state index in [2.05, 4.69) is 13.8 Å². The summed E-state index contributed by atoms with van der Waals surface area (Å²) in [5.74, 6) is -1.83. The molecule has 0 fully saturated rings. The summed E-state index contributed by atoms with van der Waals surface area (Å²) in [6.07, 6.45) is 8.76. The Bertz CT molecular complexity index is 371. The van der Waals surface area contributed by atoms with Crippen molar-refractivity contribution in [3.05, 3.63) is 0 Å². The number of quaternary nitrogens is 1. The van der Waals surface area contributed by atoms with Gasteiger partial charge in [0.25, 0.3) is 0 Å². The molecule has 0 saturated carbocycles. The normalized spacial score (nSPS) is 17.1. The van der Waals surface area contributed by atoms with Crippen LogP contribution in [-0.4, -0.2) is 70.8 Å². The van der Waals surface area contributed by atoms with E-state index >= 15 is 0 Å². The molecule has 0 spiro atoms. The molecule has 0 saturated heterocycles. The van der Waals surface area contributed by atoms with E-state index < -0.39 is 24.1 Å². The van der Waals surface area contributed by atoms with Crippen LogP contribution in [0.3, 0.4) is 0 Å². The number of carbonyl (C=O) groups is 1. The van der Waals surface area contributed by atoms with Crippen molar-refractivity contribution in [2.24, 2.45) is 5.92 Å². The minimum Gasteiger partial charge on any atom is -0.550 e. The molecule has 0 amide bonds. The van der Waals surface area contributed by atoms with Gasteiger partial charge in [0, 0.05) is 11.9 Å². The number of aliphatic carboxylic acids is 1. The van der Waals surface area contributed by atoms with Gasteiger partial charge in [0.15, 0.2) is 0 Å². The molecule has 0 aliphatic carbocycles. The van der Waals surface area contributed by atoms with Crippen molar-refractivity contribution in [3.8, 4) is 0 Å². The standard InChI is InChI=1S/C22H45NO5/c1-4-6-8-10-12-20(25)17-23(14-15-24,16-19(3)22(27)28)18-21(26)13-11-9-7-5-2/h19-21,24-26H,4-18H2,1-3H3. The predicted octanol–water partition coefficient (Wildman–Crippen LogP) is 1.84. The number of aliphatic hydroxyl groups excluding tert-OH is 3. The molecule has 3 atom stereocenters. The van der Waals surface area contributed by atoms with Crippen LogP contribution in [0.2, 0.25) is 0 Å². The van der Waals surface area contributed by atoms with Crippen LogP contribution in [-0.2, 0) is 4.79 Å². The number of hydrogen-bond donors (Lipinski definition) is 3. The molecular weight excluding hydrogens is 358 g/mol. The van der Waals surface area contributed by atoms with E-state index in [1.807, 2.05) is 0 Å². The highest BCUT2D eigenvalue weighted by Gasteiger charge is 2.34. The van der Waals surface area contributed by atoms with Crippen LogP contribution >= 0.6 is 0 Å². The first-order valence-electron chi connectivity index (χ1n) is 11.3. The van der Waals surface area contributed by atoms with Crippen molar-refractivity contribution >= 4 is 5.97 Å². The Morgan fingerprint density at radius 3 is 1.68 bits per heavy atom. The summed E-state index contributed by atoms with van der Waals surface area (Å²) in [6.45, 7) is 7.07. The Kier molecular flexibility index (Phi) is 15.7. The van der Waals surface area contributed by atoms with Crippen LogP contribution in [0.5, 0.6) is 0 Å². The lowest BCUT2D eigenvalue weighted by Crippen LogP contribution is -2.60. The van der Waals surface area contributed by atoms with Crippen molar-refractivity contribution in [1.82, 2.24) is 0 Å². The smallest absolute Gasteiger partial charge is 0.105 e. The molecule has 28 heavy (non-hydrogen) atoms. The zero-order chi connectivity index (χ0) is 21.4. The van der Waals surface area contributed by atoms with Crippen LogP contribution in [0.1, 0.15) is 85.0 Å². The van der Waals surface area contributed by atoms with E-state index in [0.29, 0.717) is 32.5 Å². The molecule has 3 N–H and O–H groups in total. The Balaban J connectivity index is 5.03. The third-order valence-electron chi connectivity index (χ3n) is 5.62. The third-order valence-corrected chi connectivity index (χ3v) is 5.62. The van der Waals surface area contributed by atoms with Crippen molar-refractivity contribution in [1.29, 1.82) is 0 Å². The molecular formula is C22H45NO5. The SMILES string of the molecule is CCCCCCC(O)C[N+](CCO)(CC(O)CCCCCC)CC(C)C(=O)[O-]. The number of carboxylic acid groups (broad SMARTS) is 1. The molecule has 0 aliphatic rings. The fourth-order valence-electron chi connectivity index (χ4n) is 4.06. The molecule has 0 bridgehead atoms. The van der Waals surface area contributed by atoms with Gasteiger partial charge in [-0.05, 0) is 12.8 Å². The van der Waals surface area contributed by atoms with Crippen molar-refractivity contribution < 1.29 is 29.7 Å². The first kappa shape index (κ1) is 27.3. The van der Waals surface area contributed by atoms with E-state index in [1.165, 1.54) is 0 Å². The number of carboxylic acids is 1. The van der Waals surface area contributed by atoms with Crippen molar-refractivity contribution in [2.75, 3.05) is 32.8 Å². The summed E-state index contributed by atoms with van der Waals surface area (Å²) in [7, 11) is 0. The largest absolute Gasteiger partial charge is 0.550 e. The fraction of sp³-hybridized carbons (Fsp3) is 0.955. The highest BCUT2D eigenvalue weighted by molar-refractivity contribution is 5.67. The topological polar surface area (TPSA) is 101 Å². The first-order chi connectivity index (χ1) is 13.3. The average molecular weight is 404 g/mol. The van der Waals surface area contributed by atoms with Crippen LogP contribution in [0.15, 0.2) is 0 Å². The maximum atomic E-state index is 11.3. The average Bonchev–Trinajstić information content (AvgIpc) is 2.62. The molecule has 0 aromatic rings. The van der Waals surface area contributed by atoms with Gasteiger partial charge in [-0.2, -0.15) is 0 Å². The van der Waals surface area contributed by atoms with Gasteiger partial charge in [-0.3, -0.25) is 0 Å². The molecule has 0 rings (SSSR count). The maximum absolute atomic E-state index is 11.3. The van der Waals surface area contributed by atoms with E-state index in [9.17, 15) is 25.2 Å². The lowest BCUT2D eigenvalue weighted by molar-refractivity contribution is -0.936. The number of hydrogen-bond acceptors (Lipinski definition) is 5. The van der Waals surface area contributed by atoms with E-state index in [0.717, 1.165) is 51.4 Å².